The van der Waals surface area contributed by atoms with Crippen molar-refractivity contribution in [1.29, 1.82) is 0 Å². The predicted octanol–water partition coefficient (Wildman–Crippen LogP) is 3.05. The number of rotatable bonds is 5. The number of esters is 1. The number of aryl methyl sites for hydroxylation is 1. The first-order valence-corrected chi connectivity index (χ1v) is 10.3. The number of hydrogen-bond donors (Lipinski definition) is 2. The van der Waals surface area contributed by atoms with Crippen molar-refractivity contribution in [3.05, 3.63) is 40.9 Å². The van der Waals surface area contributed by atoms with Gasteiger partial charge in [0, 0.05) is 24.2 Å². The second kappa shape index (κ2) is 9.51. The number of piperidine rings is 1. The van der Waals surface area contributed by atoms with Crippen molar-refractivity contribution < 1.29 is 19.1 Å². The van der Waals surface area contributed by atoms with E-state index in [1.165, 1.54) is 18.4 Å². The number of aromatic nitrogens is 1. The molecular weight excluding hydrogens is 392 g/mol. The molecule has 2 aromatic rings. The minimum Gasteiger partial charge on any atom is -0.469 e. The molecule has 0 spiro atoms. The zero-order valence-corrected chi connectivity index (χ0v) is 17.3. The number of likely N-dealkylation sites (tertiary alicyclic amines) is 1. The molecular formula is C20H24N4O4S. The molecule has 0 aliphatic carbocycles. The molecule has 8 nitrogen and oxygen atoms in total. The summed E-state index contributed by atoms with van der Waals surface area (Å²) in [6.07, 6.45) is 1.39. The van der Waals surface area contributed by atoms with Gasteiger partial charge in [-0.25, -0.2) is 9.78 Å². The van der Waals surface area contributed by atoms with E-state index in [4.69, 9.17) is 4.74 Å². The quantitative estimate of drug-likeness (QED) is 0.730. The maximum atomic E-state index is 12.5. The number of carbonyl (C=O) groups excluding carboxylic acids is 3. The van der Waals surface area contributed by atoms with Crippen molar-refractivity contribution in [1.82, 2.24) is 9.88 Å². The standard InChI is InChI=1S/C20H24N4O4S/c1-13-3-5-15(6-4-13)21-19(27)23-20-22-16(12-29-20)11-17(25)24-9-7-14(8-10-24)18(26)28-2/h3-6,12,14H,7-11H2,1-2H3,(H2,21,22,23,27). The molecule has 1 aliphatic heterocycles. The number of nitrogens with one attached hydrogen (secondary N) is 2. The molecule has 0 bridgehead atoms. The molecule has 154 valence electrons. The van der Waals surface area contributed by atoms with Gasteiger partial charge in [0.25, 0.3) is 0 Å². The topological polar surface area (TPSA) is 101 Å². The summed E-state index contributed by atoms with van der Waals surface area (Å²) in [5, 5.41) is 7.62. The third kappa shape index (κ3) is 5.77. The molecule has 1 aromatic heterocycles. The van der Waals surface area contributed by atoms with E-state index < -0.39 is 0 Å². The fraction of sp³-hybridized carbons (Fsp3) is 0.400. The number of hydrogen-bond acceptors (Lipinski definition) is 6. The van der Waals surface area contributed by atoms with Gasteiger partial charge in [-0.2, -0.15) is 0 Å². The second-order valence-corrected chi connectivity index (χ2v) is 7.80. The fourth-order valence-electron chi connectivity index (χ4n) is 3.14. The molecule has 0 unspecified atom stereocenters. The molecule has 2 N–H and O–H groups in total. The van der Waals surface area contributed by atoms with E-state index in [0.717, 1.165) is 5.56 Å². The van der Waals surface area contributed by atoms with Gasteiger partial charge in [0.1, 0.15) is 0 Å². The summed E-state index contributed by atoms with van der Waals surface area (Å²) in [6, 6.07) is 7.09. The number of carbonyl (C=O) groups is 3. The lowest BCUT2D eigenvalue weighted by molar-refractivity contribution is -0.148. The van der Waals surface area contributed by atoms with E-state index in [2.05, 4.69) is 15.6 Å². The van der Waals surface area contributed by atoms with E-state index in [1.807, 2.05) is 31.2 Å². The first kappa shape index (κ1) is 20.8. The van der Waals surface area contributed by atoms with Gasteiger partial charge in [-0.1, -0.05) is 17.7 Å². The van der Waals surface area contributed by atoms with Crippen LogP contribution in [-0.4, -0.2) is 48.0 Å². The van der Waals surface area contributed by atoms with Crippen LogP contribution < -0.4 is 10.6 Å². The highest BCUT2D eigenvalue weighted by molar-refractivity contribution is 7.14. The number of anilines is 2. The third-order valence-corrected chi connectivity index (χ3v) is 5.60. The largest absolute Gasteiger partial charge is 0.469 e. The summed E-state index contributed by atoms with van der Waals surface area (Å²) in [4.78, 5) is 42.2. The molecule has 0 radical (unpaired) electrons. The normalized spacial score (nSPS) is 14.3. The number of benzene rings is 1. The van der Waals surface area contributed by atoms with Crippen LogP contribution in [0.15, 0.2) is 29.6 Å². The maximum absolute atomic E-state index is 12.5. The average molecular weight is 417 g/mol. The van der Waals surface area contributed by atoms with Gasteiger partial charge < -0.3 is 15.0 Å². The molecule has 1 saturated heterocycles. The molecule has 3 rings (SSSR count). The number of thiazole rings is 1. The van der Waals surface area contributed by atoms with Crippen LogP contribution in [0.25, 0.3) is 0 Å². The van der Waals surface area contributed by atoms with Gasteiger partial charge in [-0.15, -0.1) is 11.3 Å². The van der Waals surface area contributed by atoms with Crippen LogP contribution in [0.1, 0.15) is 24.1 Å². The number of amides is 3. The van der Waals surface area contributed by atoms with Crippen LogP contribution in [-0.2, 0) is 20.7 Å². The Balaban J connectivity index is 1.47. The zero-order valence-electron chi connectivity index (χ0n) is 16.4. The molecule has 0 atom stereocenters. The van der Waals surface area contributed by atoms with Crippen molar-refractivity contribution in [2.75, 3.05) is 30.8 Å². The lowest BCUT2D eigenvalue weighted by Gasteiger charge is -2.30. The third-order valence-electron chi connectivity index (χ3n) is 4.80. The highest BCUT2D eigenvalue weighted by Gasteiger charge is 2.28. The predicted molar refractivity (Wildman–Crippen MR) is 111 cm³/mol. The summed E-state index contributed by atoms with van der Waals surface area (Å²) < 4.78 is 4.77. The number of nitrogens with zero attached hydrogens (tertiary/aromatic N) is 2. The monoisotopic (exact) mass is 416 g/mol. The van der Waals surface area contributed by atoms with Gasteiger partial charge in [0.2, 0.25) is 5.91 Å². The van der Waals surface area contributed by atoms with Crippen molar-refractivity contribution in [2.24, 2.45) is 5.92 Å². The summed E-state index contributed by atoms with van der Waals surface area (Å²) >= 11 is 1.27. The van der Waals surface area contributed by atoms with Crippen LogP contribution in [0, 0.1) is 12.8 Å². The van der Waals surface area contributed by atoms with E-state index in [9.17, 15) is 14.4 Å². The zero-order chi connectivity index (χ0) is 20.8. The SMILES string of the molecule is COC(=O)C1CCN(C(=O)Cc2csc(NC(=O)Nc3ccc(C)cc3)n2)CC1. The van der Waals surface area contributed by atoms with E-state index in [-0.39, 0.29) is 30.2 Å². The molecule has 29 heavy (non-hydrogen) atoms. The molecule has 1 fully saturated rings. The van der Waals surface area contributed by atoms with Crippen LogP contribution in [0.5, 0.6) is 0 Å². The Hall–Kier alpha value is -2.94. The van der Waals surface area contributed by atoms with Gasteiger partial charge >= 0.3 is 12.0 Å². The van der Waals surface area contributed by atoms with Crippen LogP contribution in [0.2, 0.25) is 0 Å². The Morgan fingerprint density at radius 2 is 1.86 bits per heavy atom. The average Bonchev–Trinajstić information content (AvgIpc) is 3.15. The van der Waals surface area contributed by atoms with Crippen LogP contribution in [0.4, 0.5) is 15.6 Å². The number of ether oxygens (including phenoxy) is 1. The molecule has 1 aromatic carbocycles. The van der Waals surface area contributed by atoms with Crippen molar-refractivity contribution in [2.45, 2.75) is 26.2 Å². The van der Waals surface area contributed by atoms with Crippen molar-refractivity contribution >= 4 is 40.1 Å². The van der Waals surface area contributed by atoms with Crippen LogP contribution in [0.3, 0.4) is 0 Å². The second-order valence-electron chi connectivity index (χ2n) is 6.94. The molecule has 2 heterocycles. The molecule has 1 aliphatic rings. The van der Waals surface area contributed by atoms with Gasteiger partial charge in [0.15, 0.2) is 5.13 Å². The minimum atomic E-state index is -0.383. The van der Waals surface area contributed by atoms with E-state index >= 15 is 0 Å². The van der Waals surface area contributed by atoms with Gasteiger partial charge in [-0.3, -0.25) is 14.9 Å². The number of methoxy groups -OCH3 is 1. The highest BCUT2D eigenvalue weighted by Crippen LogP contribution is 2.21. The van der Waals surface area contributed by atoms with E-state index in [0.29, 0.717) is 42.4 Å². The van der Waals surface area contributed by atoms with Crippen molar-refractivity contribution in [3.8, 4) is 0 Å². The Kier molecular flexibility index (Phi) is 6.82. The fourth-order valence-corrected chi connectivity index (χ4v) is 3.85. The lowest BCUT2D eigenvalue weighted by atomic mass is 9.97. The molecule has 0 saturated carbocycles. The summed E-state index contributed by atoms with van der Waals surface area (Å²) in [7, 11) is 1.38. The number of urea groups is 1. The Bertz CT molecular complexity index is 873. The lowest BCUT2D eigenvalue weighted by Crippen LogP contribution is -2.41. The van der Waals surface area contributed by atoms with Crippen molar-refractivity contribution in [3.63, 3.8) is 0 Å². The highest BCUT2D eigenvalue weighted by atomic mass is 32.1. The summed E-state index contributed by atoms with van der Waals surface area (Å²) in [6.45, 7) is 3.04. The summed E-state index contributed by atoms with van der Waals surface area (Å²) in [5.41, 5.74) is 2.41. The summed E-state index contributed by atoms with van der Waals surface area (Å²) in [5.74, 6) is -0.378. The maximum Gasteiger partial charge on any atom is 0.325 e. The Labute approximate surface area is 173 Å². The van der Waals surface area contributed by atoms with Gasteiger partial charge in [0.05, 0.1) is 25.1 Å². The molecule has 9 heteroatoms. The van der Waals surface area contributed by atoms with Crippen LogP contribution >= 0.6 is 11.3 Å². The Morgan fingerprint density at radius 3 is 2.52 bits per heavy atom. The Morgan fingerprint density at radius 1 is 1.17 bits per heavy atom. The van der Waals surface area contributed by atoms with E-state index in [1.54, 1.807) is 10.3 Å². The minimum absolute atomic E-state index is 0.0331. The molecule has 3 amide bonds. The first-order chi connectivity index (χ1) is 13.9. The first-order valence-electron chi connectivity index (χ1n) is 9.39. The smallest absolute Gasteiger partial charge is 0.325 e. The van der Waals surface area contributed by atoms with Gasteiger partial charge in [-0.05, 0) is 31.9 Å².